The van der Waals surface area contributed by atoms with Crippen molar-refractivity contribution in [1.29, 1.82) is 0 Å². The molecule has 1 aliphatic rings. The highest BCUT2D eigenvalue weighted by Crippen LogP contribution is 2.26. The number of hydrogen-bond acceptors (Lipinski definition) is 2. The first kappa shape index (κ1) is 14.4. The first-order chi connectivity index (χ1) is 10.1. The summed E-state index contributed by atoms with van der Waals surface area (Å²) in [4.78, 5) is 14.3. The molecule has 1 aliphatic heterocycles. The van der Waals surface area contributed by atoms with Crippen molar-refractivity contribution < 1.29 is 4.79 Å². The molecule has 1 aromatic heterocycles. The molecule has 0 radical (unpaired) electrons. The van der Waals surface area contributed by atoms with Crippen molar-refractivity contribution in [3.8, 4) is 0 Å². The van der Waals surface area contributed by atoms with Gasteiger partial charge in [-0.1, -0.05) is 23.2 Å². The number of carbonyl (C=O) groups excluding carboxylic acids is 1. The lowest BCUT2D eigenvalue weighted by molar-refractivity contribution is 0.0690. The van der Waals surface area contributed by atoms with Crippen LogP contribution in [0.5, 0.6) is 0 Å². The molecule has 2 heterocycles. The smallest absolute Gasteiger partial charge is 0.255 e. The highest BCUT2D eigenvalue weighted by atomic mass is 35.5. The van der Waals surface area contributed by atoms with E-state index in [9.17, 15) is 4.79 Å². The van der Waals surface area contributed by atoms with Gasteiger partial charge in [0.2, 0.25) is 0 Å². The van der Waals surface area contributed by atoms with Gasteiger partial charge >= 0.3 is 0 Å². The van der Waals surface area contributed by atoms with Crippen molar-refractivity contribution in [2.75, 3.05) is 13.1 Å². The molecule has 1 aromatic carbocycles. The van der Waals surface area contributed by atoms with Crippen LogP contribution in [0.1, 0.15) is 29.2 Å². The largest absolute Gasteiger partial charge is 0.338 e. The maximum absolute atomic E-state index is 12.5. The highest BCUT2D eigenvalue weighted by molar-refractivity contribution is 6.36. The van der Waals surface area contributed by atoms with Crippen LogP contribution >= 0.6 is 23.2 Å². The Labute approximate surface area is 133 Å². The summed E-state index contributed by atoms with van der Waals surface area (Å²) in [7, 11) is 0. The Morgan fingerprint density at radius 2 is 2.00 bits per heavy atom. The van der Waals surface area contributed by atoms with E-state index in [0.717, 1.165) is 12.8 Å². The molecule has 110 valence electrons. The number of rotatable bonds is 2. The fourth-order valence-electron chi connectivity index (χ4n) is 2.66. The number of likely N-dealkylation sites (tertiary alicyclic amines) is 1. The second kappa shape index (κ2) is 6.08. The molecule has 1 fully saturated rings. The van der Waals surface area contributed by atoms with E-state index in [-0.39, 0.29) is 5.91 Å². The SMILES string of the molecule is O=C(c1ccc(Cl)cc1Cl)N1CCC(n2cccn2)CC1. The third kappa shape index (κ3) is 3.06. The minimum atomic E-state index is -0.0319. The maximum Gasteiger partial charge on any atom is 0.255 e. The van der Waals surface area contributed by atoms with Crippen molar-refractivity contribution >= 4 is 29.1 Å². The fourth-order valence-corrected chi connectivity index (χ4v) is 3.15. The Kier molecular flexibility index (Phi) is 4.17. The molecule has 1 saturated heterocycles. The van der Waals surface area contributed by atoms with Crippen molar-refractivity contribution in [2.45, 2.75) is 18.9 Å². The van der Waals surface area contributed by atoms with Crippen LogP contribution in [0.3, 0.4) is 0 Å². The lowest BCUT2D eigenvalue weighted by Gasteiger charge is -2.32. The Bertz CT molecular complexity index is 634. The first-order valence-electron chi connectivity index (χ1n) is 6.88. The standard InChI is InChI=1S/C15H15Cl2N3O/c16-11-2-3-13(14(17)10-11)15(21)19-8-4-12(5-9-19)20-7-1-6-18-20/h1-3,6-7,10,12H,4-5,8-9H2. The van der Waals surface area contributed by atoms with Gasteiger partial charge in [-0.3, -0.25) is 9.48 Å². The van der Waals surface area contributed by atoms with Gasteiger partial charge in [0, 0.05) is 30.5 Å². The van der Waals surface area contributed by atoms with Gasteiger partial charge in [-0.15, -0.1) is 0 Å². The van der Waals surface area contributed by atoms with Crippen molar-refractivity contribution in [1.82, 2.24) is 14.7 Å². The van der Waals surface area contributed by atoms with Gasteiger partial charge in [0.05, 0.1) is 16.6 Å². The first-order valence-corrected chi connectivity index (χ1v) is 7.64. The van der Waals surface area contributed by atoms with E-state index < -0.39 is 0 Å². The minimum absolute atomic E-state index is 0.0319. The molecule has 0 N–H and O–H groups in total. The van der Waals surface area contributed by atoms with E-state index in [1.807, 2.05) is 21.8 Å². The average molecular weight is 324 g/mol. The van der Waals surface area contributed by atoms with Crippen LogP contribution in [0.2, 0.25) is 10.0 Å². The van der Waals surface area contributed by atoms with Crippen LogP contribution in [-0.4, -0.2) is 33.7 Å². The molecule has 0 saturated carbocycles. The molecule has 2 aromatic rings. The van der Waals surface area contributed by atoms with Gasteiger partial charge in [0.1, 0.15) is 0 Å². The van der Waals surface area contributed by atoms with Crippen LogP contribution in [0.25, 0.3) is 0 Å². The number of nitrogens with zero attached hydrogens (tertiary/aromatic N) is 3. The predicted octanol–water partition coefficient (Wildman–Crippen LogP) is 3.67. The summed E-state index contributed by atoms with van der Waals surface area (Å²) in [5.74, 6) is -0.0319. The molecule has 6 heteroatoms. The third-order valence-electron chi connectivity index (χ3n) is 3.81. The molecule has 0 bridgehead atoms. The minimum Gasteiger partial charge on any atom is -0.338 e. The zero-order valence-electron chi connectivity index (χ0n) is 11.4. The molecule has 21 heavy (non-hydrogen) atoms. The Balaban J connectivity index is 1.67. The number of hydrogen-bond donors (Lipinski definition) is 0. The van der Waals surface area contributed by atoms with E-state index in [0.29, 0.717) is 34.7 Å². The number of aromatic nitrogens is 2. The Morgan fingerprint density at radius 1 is 1.24 bits per heavy atom. The van der Waals surface area contributed by atoms with Crippen molar-refractivity contribution in [3.63, 3.8) is 0 Å². The van der Waals surface area contributed by atoms with Crippen LogP contribution in [0, 0.1) is 0 Å². The molecular formula is C15H15Cl2N3O. The molecule has 1 amide bonds. The number of amides is 1. The molecule has 0 spiro atoms. The number of piperidine rings is 1. The quantitative estimate of drug-likeness (QED) is 0.845. The second-order valence-electron chi connectivity index (χ2n) is 5.13. The molecule has 4 nitrogen and oxygen atoms in total. The molecule has 3 rings (SSSR count). The number of benzene rings is 1. The number of carbonyl (C=O) groups is 1. The molecule has 0 unspecified atom stereocenters. The predicted molar refractivity (Wildman–Crippen MR) is 82.9 cm³/mol. The van der Waals surface area contributed by atoms with E-state index >= 15 is 0 Å². The Morgan fingerprint density at radius 3 is 2.62 bits per heavy atom. The summed E-state index contributed by atoms with van der Waals surface area (Å²) < 4.78 is 1.97. The van der Waals surface area contributed by atoms with E-state index in [1.165, 1.54) is 0 Å². The van der Waals surface area contributed by atoms with Crippen LogP contribution < -0.4 is 0 Å². The van der Waals surface area contributed by atoms with Crippen LogP contribution in [0.4, 0.5) is 0 Å². The van der Waals surface area contributed by atoms with Gasteiger partial charge in [0.15, 0.2) is 0 Å². The summed E-state index contributed by atoms with van der Waals surface area (Å²) in [6.45, 7) is 1.42. The zero-order chi connectivity index (χ0) is 14.8. The normalized spacial score (nSPS) is 16.2. The summed E-state index contributed by atoms with van der Waals surface area (Å²) in [5, 5.41) is 5.21. The van der Waals surface area contributed by atoms with Crippen molar-refractivity contribution in [2.24, 2.45) is 0 Å². The van der Waals surface area contributed by atoms with Gasteiger partial charge in [-0.2, -0.15) is 5.10 Å². The van der Waals surface area contributed by atoms with Gasteiger partial charge in [0.25, 0.3) is 5.91 Å². The monoisotopic (exact) mass is 323 g/mol. The van der Waals surface area contributed by atoms with Crippen molar-refractivity contribution in [3.05, 3.63) is 52.3 Å². The Hall–Kier alpha value is -1.52. The van der Waals surface area contributed by atoms with Gasteiger partial charge < -0.3 is 4.90 Å². The number of halogens is 2. The van der Waals surface area contributed by atoms with Crippen LogP contribution in [-0.2, 0) is 0 Å². The summed E-state index contributed by atoms with van der Waals surface area (Å²) in [6, 6.07) is 7.27. The third-order valence-corrected chi connectivity index (χ3v) is 4.36. The summed E-state index contributed by atoms with van der Waals surface area (Å²) in [6.07, 6.45) is 5.56. The molecular weight excluding hydrogens is 309 g/mol. The fraction of sp³-hybridized carbons (Fsp3) is 0.333. The summed E-state index contributed by atoms with van der Waals surface area (Å²) >= 11 is 12.0. The average Bonchev–Trinajstić information content (AvgIpc) is 3.01. The van der Waals surface area contributed by atoms with Crippen LogP contribution in [0.15, 0.2) is 36.7 Å². The molecule has 0 atom stereocenters. The van der Waals surface area contributed by atoms with E-state index in [2.05, 4.69) is 5.10 Å². The second-order valence-corrected chi connectivity index (χ2v) is 5.98. The topological polar surface area (TPSA) is 38.1 Å². The summed E-state index contributed by atoms with van der Waals surface area (Å²) in [5.41, 5.74) is 0.513. The van der Waals surface area contributed by atoms with Gasteiger partial charge in [-0.25, -0.2) is 0 Å². The van der Waals surface area contributed by atoms with E-state index in [1.54, 1.807) is 24.4 Å². The zero-order valence-corrected chi connectivity index (χ0v) is 12.9. The van der Waals surface area contributed by atoms with E-state index in [4.69, 9.17) is 23.2 Å². The van der Waals surface area contributed by atoms with Gasteiger partial charge in [-0.05, 0) is 37.1 Å². The lowest BCUT2D eigenvalue weighted by Crippen LogP contribution is -2.39. The lowest BCUT2D eigenvalue weighted by atomic mass is 10.0. The molecule has 0 aliphatic carbocycles. The highest BCUT2D eigenvalue weighted by Gasteiger charge is 2.25. The maximum atomic E-state index is 12.5.